The molecule has 0 aliphatic heterocycles. The SMILES string of the molecule is CC(C)(C)C(CS(=O)(=O)O)C(C(C)(C)C)S(=O)(=O)O. The third-order valence-corrected chi connectivity index (χ3v) is 5.50. The van der Waals surface area contributed by atoms with Crippen molar-refractivity contribution in [2.45, 2.75) is 46.8 Å². The molecule has 0 saturated carbocycles. The summed E-state index contributed by atoms with van der Waals surface area (Å²) in [6.07, 6.45) is 0. The molecule has 0 amide bonds. The molecule has 0 aromatic carbocycles. The minimum Gasteiger partial charge on any atom is -0.286 e. The highest BCUT2D eigenvalue weighted by molar-refractivity contribution is 7.87. The third kappa shape index (κ3) is 6.20. The van der Waals surface area contributed by atoms with Crippen molar-refractivity contribution in [3.63, 3.8) is 0 Å². The fraction of sp³-hybridized carbons (Fsp3) is 1.00. The zero-order chi connectivity index (χ0) is 15.9. The summed E-state index contributed by atoms with van der Waals surface area (Å²) >= 11 is 0. The average Bonchev–Trinajstić information content (AvgIpc) is 1.91. The molecule has 0 fully saturated rings. The minimum absolute atomic E-state index is 0.710. The van der Waals surface area contributed by atoms with Crippen LogP contribution >= 0.6 is 0 Å². The van der Waals surface area contributed by atoms with E-state index in [1.54, 1.807) is 41.5 Å². The molecule has 19 heavy (non-hydrogen) atoms. The summed E-state index contributed by atoms with van der Waals surface area (Å²) in [4.78, 5) is 0. The molecule has 0 aromatic heterocycles. The van der Waals surface area contributed by atoms with Gasteiger partial charge >= 0.3 is 0 Å². The van der Waals surface area contributed by atoms with Crippen LogP contribution in [-0.4, -0.2) is 36.9 Å². The van der Waals surface area contributed by atoms with Crippen molar-refractivity contribution >= 4 is 20.2 Å². The molecule has 0 saturated heterocycles. The van der Waals surface area contributed by atoms with E-state index in [1.165, 1.54) is 0 Å². The zero-order valence-corrected chi connectivity index (χ0v) is 13.8. The van der Waals surface area contributed by atoms with Gasteiger partial charge in [0, 0.05) is 0 Å². The van der Waals surface area contributed by atoms with Gasteiger partial charge in [-0.25, -0.2) is 0 Å². The fourth-order valence-electron chi connectivity index (χ4n) is 2.28. The molecule has 0 aliphatic carbocycles. The van der Waals surface area contributed by atoms with E-state index in [-0.39, 0.29) is 0 Å². The Kier molecular flexibility index (Phi) is 5.26. The summed E-state index contributed by atoms with van der Waals surface area (Å²) in [5.74, 6) is -1.64. The maximum atomic E-state index is 11.6. The van der Waals surface area contributed by atoms with Crippen molar-refractivity contribution in [3.05, 3.63) is 0 Å². The van der Waals surface area contributed by atoms with E-state index in [1.807, 2.05) is 0 Å². The van der Waals surface area contributed by atoms with E-state index >= 15 is 0 Å². The Labute approximate surface area is 116 Å². The van der Waals surface area contributed by atoms with Crippen molar-refractivity contribution in [1.82, 2.24) is 0 Å². The summed E-state index contributed by atoms with van der Waals surface area (Å²) in [5, 5.41) is -1.29. The molecule has 116 valence electrons. The second kappa shape index (κ2) is 5.31. The van der Waals surface area contributed by atoms with Crippen LogP contribution in [-0.2, 0) is 20.2 Å². The number of hydrogen-bond donors (Lipinski definition) is 2. The molecule has 0 rings (SSSR count). The highest BCUT2D eigenvalue weighted by atomic mass is 32.2. The lowest BCUT2D eigenvalue weighted by Gasteiger charge is -2.41. The maximum Gasteiger partial charge on any atom is 0.268 e. The molecular weight excluding hydrogens is 292 g/mol. The van der Waals surface area contributed by atoms with E-state index in [0.717, 1.165) is 0 Å². The molecule has 2 atom stereocenters. The van der Waals surface area contributed by atoms with Crippen molar-refractivity contribution in [2.24, 2.45) is 16.7 Å². The van der Waals surface area contributed by atoms with Gasteiger partial charge < -0.3 is 0 Å². The predicted octanol–water partition coefficient (Wildman–Crippen LogP) is 1.84. The topological polar surface area (TPSA) is 109 Å². The van der Waals surface area contributed by atoms with Crippen LogP contribution in [0.15, 0.2) is 0 Å². The van der Waals surface area contributed by atoms with Gasteiger partial charge in [-0.3, -0.25) is 9.11 Å². The Morgan fingerprint density at radius 3 is 1.37 bits per heavy atom. The second-order valence-corrected chi connectivity index (χ2v) is 10.1. The Morgan fingerprint density at radius 2 is 1.21 bits per heavy atom. The van der Waals surface area contributed by atoms with Crippen LogP contribution in [0.3, 0.4) is 0 Å². The van der Waals surface area contributed by atoms with E-state index in [2.05, 4.69) is 0 Å². The van der Waals surface area contributed by atoms with E-state index < -0.39 is 48.0 Å². The quantitative estimate of drug-likeness (QED) is 0.766. The molecular formula is C11H24O6S2. The Bertz CT molecular complexity index is 504. The molecule has 0 aromatic rings. The van der Waals surface area contributed by atoms with Crippen molar-refractivity contribution in [2.75, 3.05) is 5.75 Å². The number of rotatable bonds is 4. The molecule has 6 nitrogen and oxygen atoms in total. The second-order valence-electron chi connectivity index (χ2n) is 7.02. The van der Waals surface area contributed by atoms with E-state index in [0.29, 0.717) is 0 Å². The van der Waals surface area contributed by atoms with Crippen molar-refractivity contribution in [3.8, 4) is 0 Å². The lowest BCUT2D eigenvalue weighted by molar-refractivity contribution is 0.179. The first-order valence-electron chi connectivity index (χ1n) is 5.88. The zero-order valence-electron chi connectivity index (χ0n) is 12.2. The lowest BCUT2D eigenvalue weighted by atomic mass is 9.72. The van der Waals surface area contributed by atoms with Gasteiger partial charge in [0.15, 0.2) is 0 Å². The highest BCUT2D eigenvalue weighted by Crippen LogP contribution is 2.40. The van der Waals surface area contributed by atoms with Crippen LogP contribution in [0.25, 0.3) is 0 Å². The lowest BCUT2D eigenvalue weighted by Crippen LogP contribution is -2.48. The van der Waals surface area contributed by atoms with Gasteiger partial charge in [0.1, 0.15) is 0 Å². The molecule has 0 aliphatic rings. The maximum absolute atomic E-state index is 11.6. The predicted molar refractivity (Wildman–Crippen MR) is 74.2 cm³/mol. The summed E-state index contributed by atoms with van der Waals surface area (Å²) in [6, 6.07) is 0. The van der Waals surface area contributed by atoms with Crippen molar-refractivity contribution < 1.29 is 25.9 Å². The normalized spacial score (nSPS) is 18.1. The summed E-state index contributed by atoms with van der Waals surface area (Å²) in [5.41, 5.74) is -1.58. The van der Waals surface area contributed by atoms with Gasteiger partial charge in [-0.15, -0.1) is 0 Å². The first-order chi connectivity index (χ1) is 7.96. The molecule has 0 spiro atoms. The Balaban J connectivity index is 5.95. The van der Waals surface area contributed by atoms with Gasteiger partial charge in [-0.1, -0.05) is 41.5 Å². The van der Waals surface area contributed by atoms with Crippen molar-refractivity contribution in [1.29, 1.82) is 0 Å². The molecule has 0 radical (unpaired) electrons. The van der Waals surface area contributed by atoms with Crippen LogP contribution < -0.4 is 0 Å². The first-order valence-corrected chi connectivity index (χ1v) is 8.99. The Morgan fingerprint density at radius 1 is 0.842 bits per heavy atom. The van der Waals surface area contributed by atoms with Crippen LogP contribution in [0.2, 0.25) is 0 Å². The molecule has 8 heteroatoms. The molecule has 0 bridgehead atoms. The van der Waals surface area contributed by atoms with Gasteiger partial charge in [0.05, 0.1) is 11.0 Å². The van der Waals surface area contributed by atoms with E-state index in [9.17, 15) is 21.4 Å². The molecule has 2 unspecified atom stereocenters. The Hall–Kier alpha value is -0.180. The molecule has 2 N–H and O–H groups in total. The van der Waals surface area contributed by atoms with Crippen LogP contribution in [0.5, 0.6) is 0 Å². The third-order valence-electron chi connectivity index (χ3n) is 3.04. The monoisotopic (exact) mass is 316 g/mol. The fourth-order valence-corrected chi connectivity index (χ4v) is 5.36. The van der Waals surface area contributed by atoms with E-state index in [4.69, 9.17) is 4.55 Å². The summed E-state index contributed by atoms with van der Waals surface area (Å²) in [6.45, 7) is 9.84. The van der Waals surface area contributed by atoms with Gasteiger partial charge in [0.25, 0.3) is 20.2 Å². The van der Waals surface area contributed by atoms with Gasteiger partial charge in [-0.05, 0) is 16.7 Å². The first kappa shape index (κ1) is 18.8. The van der Waals surface area contributed by atoms with Crippen LogP contribution in [0.1, 0.15) is 41.5 Å². The van der Waals surface area contributed by atoms with Crippen LogP contribution in [0.4, 0.5) is 0 Å². The summed E-state index contributed by atoms with van der Waals surface area (Å²) in [7, 11) is -8.80. The van der Waals surface area contributed by atoms with Crippen LogP contribution in [0, 0.1) is 16.7 Å². The van der Waals surface area contributed by atoms with Gasteiger partial charge in [0.2, 0.25) is 0 Å². The minimum atomic E-state index is -4.45. The summed E-state index contributed by atoms with van der Waals surface area (Å²) < 4.78 is 64.0. The standard InChI is InChI=1S/C11H24O6S2/c1-10(2,3)8(7-18(12,13)14)9(11(4,5)6)19(15,16)17/h8-9H,7H2,1-6H3,(H,12,13,14)(H,15,16,17). The highest BCUT2D eigenvalue weighted by Gasteiger charge is 2.47. The largest absolute Gasteiger partial charge is 0.286 e. The van der Waals surface area contributed by atoms with Gasteiger partial charge in [-0.2, -0.15) is 16.8 Å². The smallest absolute Gasteiger partial charge is 0.268 e. The molecule has 0 heterocycles. The number of hydrogen-bond acceptors (Lipinski definition) is 4. The average molecular weight is 316 g/mol.